The van der Waals surface area contributed by atoms with E-state index >= 15 is 0 Å². The van der Waals surface area contributed by atoms with E-state index in [0.717, 1.165) is 5.56 Å². The summed E-state index contributed by atoms with van der Waals surface area (Å²) in [6, 6.07) is 8.31. The van der Waals surface area contributed by atoms with Crippen LogP contribution in [-0.4, -0.2) is 58.9 Å². The molecule has 1 N–H and O–H groups in total. The molecule has 7 nitrogen and oxygen atoms in total. The number of carbonyl (C=O) groups is 2. The van der Waals surface area contributed by atoms with Gasteiger partial charge in [0.1, 0.15) is 17.2 Å². The molecular weight excluding hydrogens is 514 g/mol. The van der Waals surface area contributed by atoms with Gasteiger partial charge in [0.2, 0.25) is 11.8 Å². The second-order valence-electron chi connectivity index (χ2n) is 7.77. The summed E-state index contributed by atoms with van der Waals surface area (Å²) in [5.74, 6) is -0.0965. The van der Waals surface area contributed by atoms with Crippen molar-refractivity contribution in [2.45, 2.75) is 39.4 Å². The summed E-state index contributed by atoms with van der Waals surface area (Å²) >= 11 is 2.05. The SMILES string of the molecule is COc1nc(NC(C)=O)c(I)cc1C(=O)N1C[C@H](C)N(Cc2ccc(F)cc2)C[C@H]1C. The maximum atomic E-state index is 13.4. The number of carbonyl (C=O) groups excluding carboxylic acids is 2. The zero-order valence-electron chi connectivity index (χ0n) is 18.0. The van der Waals surface area contributed by atoms with Crippen LogP contribution >= 0.6 is 22.6 Å². The van der Waals surface area contributed by atoms with Crippen LogP contribution in [0.5, 0.6) is 5.88 Å². The number of methoxy groups -OCH3 is 1. The monoisotopic (exact) mass is 540 g/mol. The van der Waals surface area contributed by atoms with Crippen molar-refractivity contribution in [1.82, 2.24) is 14.8 Å². The van der Waals surface area contributed by atoms with Gasteiger partial charge in [0.05, 0.1) is 10.7 Å². The molecule has 3 rings (SSSR count). The lowest BCUT2D eigenvalue weighted by molar-refractivity contribution is -0.114. The van der Waals surface area contributed by atoms with Crippen molar-refractivity contribution < 1.29 is 18.7 Å². The van der Waals surface area contributed by atoms with Crippen LogP contribution in [0.4, 0.5) is 10.2 Å². The number of nitrogens with zero attached hydrogens (tertiary/aromatic N) is 3. The predicted molar refractivity (Wildman–Crippen MR) is 125 cm³/mol. The normalized spacial score (nSPS) is 19.2. The molecule has 31 heavy (non-hydrogen) atoms. The Balaban J connectivity index is 1.77. The van der Waals surface area contributed by atoms with Crippen LogP contribution < -0.4 is 10.1 Å². The Morgan fingerprint density at radius 1 is 1.23 bits per heavy atom. The quantitative estimate of drug-likeness (QED) is 0.588. The van der Waals surface area contributed by atoms with Crippen LogP contribution in [0.25, 0.3) is 0 Å². The molecule has 0 spiro atoms. The Morgan fingerprint density at radius 3 is 2.52 bits per heavy atom. The predicted octanol–water partition coefficient (Wildman–Crippen LogP) is 3.53. The van der Waals surface area contributed by atoms with Crippen molar-refractivity contribution in [2.75, 3.05) is 25.5 Å². The number of ether oxygens (including phenoxy) is 1. The first-order valence-corrected chi connectivity index (χ1v) is 11.1. The van der Waals surface area contributed by atoms with Crippen molar-refractivity contribution in [3.05, 3.63) is 50.8 Å². The van der Waals surface area contributed by atoms with Crippen LogP contribution in [-0.2, 0) is 11.3 Å². The molecule has 2 atom stereocenters. The fourth-order valence-electron chi connectivity index (χ4n) is 3.72. The highest BCUT2D eigenvalue weighted by molar-refractivity contribution is 14.1. The highest BCUT2D eigenvalue weighted by Gasteiger charge is 2.34. The number of aromatic nitrogens is 1. The molecule has 1 saturated heterocycles. The van der Waals surface area contributed by atoms with Crippen molar-refractivity contribution in [1.29, 1.82) is 0 Å². The molecule has 2 heterocycles. The third-order valence-electron chi connectivity index (χ3n) is 5.33. The molecule has 9 heteroatoms. The zero-order chi connectivity index (χ0) is 22.7. The second kappa shape index (κ2) is 9.90. The van der Waals surface area contributed by atoms with Crippen LogP contribution in [0, 0.1) is 9.39 Å². The minimum atomic E-state index is -0.248. The van der Waals surface area contributed by atoms with E-state index < -0.39 is 0 Å². The number of anilines is 1. The minimum Gasteiger partial charge on any atom is -0.480 e. The number of hydrogen-bond acceptors (Lipinski definition) is 5. The molecule has 1 aromatic heterocycles. The summed E-state index contributed by atoms with van der Waals surface area (Å²) in [6.45, 7) is 7.43. The molecule has 0 aliphatic carbocycles. The Morgan fingerprint density at radius 2 is 1.90 bits per heavy atom. The number of piperazine rings is 1. The van der Waals surface area contributed by atoms with E-state index in [9.17, 15) is 14.0 Å². The third-order valence-corrected chi connectivity index (χ3v) is 6.16. The minimum absolute atomic E-state index is 0.0264. The van der Waals surface area contributed by atoms with Gasteiger partial charge < -0.3 is 15.0 Å². The van der Waals surface area contributed by atoms with Crippen molar-refractivity contribution in [2.24, 2.45) is 0 Å². The van der Waals surface area contributed by atoms with Gasteiger partial charge in [-0.25, -0.2) is 4.39 Å². The van der Waals surface area contributed by atoms with Gasteiger partial charge in [0, 0.05) is 38.6 Å². The van der Waals surface area contributed by atoms with Gasteiger partial charge in [-0.3, -0.25) is 14.5 Å². The Labute approximate surface area is 195 Å². The molecular formula is C22H26FIN4O3. The molecule has 1 aromatic carbocycles. The molecule has 1 aliphatic rings. The number of benzene rings is 1. The number of nitrogens with one attached hydrogen (secondary N) is 1. The van der Waals surface area contributed by atoms with Gasteiger partial charge in [0.25, 0.3) is 5.91 Å². The number of amides is 2. The van der Waals surface area contributed by atoms with Gasteiger partial charge in [-0.1, -0.05) is 12.1 Å². The summed E-state index contributed by atoms with van der Waals surface area (Å²) < 4.78 is 19.2. The van der Waals surface area contributed by atoms with E-state index in [-0.39, 0.29) is 35.6 Å². The summed E-state index contributed by atoms with van der Waals surface area (Å²) in [5, 5.41) is 2.65. The molecule has 0 unspecified atom stereocenters. The fraction of sp³-hybridized carbons (Fsp3) is 0.409. The van der Waals surface area contributed by atoms with Gasteiger partial charge in [-0.2, -0.15) is 4.98 Å². The third kappa shape index (κ3) is 5.51. The average Bonchev–Trinajstić information content (AvgIpc) is 2.72. The first-order valence-electron chi connectivity index (χ1n) is 10.0. The van der Waals surface area contributed by atoms with E-state index in [1.807, 2.05) is 34.4 Å². The zero-order valence-corrected chi connectivity index (χ0v) is 20.1. The summed E-state index contributed by atoms with van der Waals surface area (Å²) in [5.41, 5.74) is 1.40. The fourth-order valence-corrected chi connectivity index (χ4v) is 4.28. The Hall–Kier alpha value is -2.27. The molecule has 2 amide bonds. The van der Waals surface area contributed by atoms with Crippen molar-refractivity contribution in [3.8, 4) is 5.88 Å². The van der Waals surface area contributed by atoms with E-state index in [0.29, 0.717) is 34.6 Å². The van der Waals surface area contributed by atoms with Gasteiger partial charge in [-0.15, -0.1) is 0 Å². The van der Waals surface area contributed by atoms with Crippen LogP contribution in [0.15, 0.2) is 30.3 Å². The summed E-state index contributed by atoms with van der Waals surface area (Å²) in [7, 11) is 1.45. The average molecular weight is 540 g/mol. The number of pyridine rings is 1. The van der Waals surface area contributed by atoms with Crippen molar-refractivity contribution in [3.63, 3.8) is 0 Å². The van der Waals surface area contributed by atoms with Crippen LogP contribution in [0.3, 0.4) is 0 Å². The Bertz CT molecular complexity index is 970. The summed E-state index contributed by atoms with van der Waals surface area (Å²) in [4.78, 5) is 33.2. The molecule has 2 aromatic rings. The van der Waals surface area contributed by atoms with Gasteiger partial charge in [0.15, 0.2) is 0 Å². The largest absolute Gasteiger partial charge is 0.480 e. The molecule has 1 fully saturated rings. The summed E-state index contributed by atoms with van der Waals surface area (Å²) in [6.07, 6.45) is 0. The number of hydrogen-bond donors (Lipinski definition) is 1. The van der Waals surface area contributed by atoms with E-state index in [1.54, 1.807) is 18.2 Å². The standard InChI is InChI=1S/C22H26FIN4O3/c1-13-11-28(14(2)10-27(13)12-16-5-7-17(23)8-6-16)22(30)18-9-19(24)20(25-15(3)29)26-21(18)31-4/h5-9,13-14H,10-12H2,1-4H3,(H,25,26,29)/t13-,14+/m0/s1. The Kier molecular flexibility index (Phi) is 7.47. The highest BCUT2D eigenvalue weighted by Crippen LogP contribution is 2.28. The molecule has 0 saturated carbocycles. The van der Waals surface area contributed by atoms with Crippen LogP contribution in [0.1, 0.15) is 36.7 Å². The van der Waals surface area contributed by atoms with E-state index in [2.05, 4.69) is 22.1 Å². The topological polar surface area (TPSA) is 74.8 Å². The van der Waals surface area contributed by atoms with E-state index in [1.165, 1.54) is 26.2 Å². The van der Waals surface area contributed by atoms with E-state index in [4.69, 9.17) is 4.74 Å². The first-order chi connectivity index (χ1) is 14.7. The highest BCUT2D eigenvalue weighted by atomic mass is 127. The maximum absolute atomic E-state index is 13.4. The molecule has 166 valence electrons. The molecule has 1 aliphatic heterocycles. The lowest BCUT2D eigenvalue weighted by Crippen LogP contribution is -2.57. The molecule has 0 bridgehead atoms. The van der Waals surface area contributed by atoms with Gasteiger partial charge >= 0.3 is 0 Å². The second-order valence-corrected chi connectivity index (χ2v) is 8.93. The lowest BCUT2D eigenvalue weighted by atomic mass is 10.0. The van der Waals surface area contributed by atoms with Gasteiger partial charge in [-0.05, 0) is 60.2 Å². The lowest BCUT2D eigenvalue weighted by Gasteiger charge is -2.44. The number of halogens is 2. The van der Waals surface area contributed by atoms with Crippen LogP contribution in [0.2, 0.25) is 0 Å². The molecule has 0 radical (unpaired) electrons. The van der Waals surface area contributed by atoms with Crippen molar-refractivity contribution >= 4 is 40.2 Å². The number of rotatable bonds is 5. The smallest absolute Gasteiger partial charge is 0.259 e. The maximum Gasteiger partial charge on any atom is 0.259 e. The first kappa shape index (κ1) is 23.4.